The number of halogens is 2. The lowest BCUT2D eigenvalue weighted by atomic mass is 9.73. The quantitative estimate of drug-likeness (QED) is 0.681. The van der Waals surface area contributed by atoms with Gasteiger partial charge in [-0.1, -0.05) is 30.7 Å². The predicted octanol–water partition coefficient (Wildman–Crippen LogP) is 5.36. The van der Waals surface area contributed by atoms with Gasteiger partial charge in [0.15, 0.2) is 11.6 Å². The maximum absolute atomic E-state index is 14.4. The summed E-state index contributed by atoms with van der Waals surface area (Å²) in [7, 11) is 0. The van der Waals surface area contributed by atoms with E-state index in [2.05, 4.69) is 0 Å². The molecule has 0 N–H and O–H groups in total. The number of aryl methyl sites for hydroxylation is 1. The molecule has 2 nitrogen and oxygen atoms in total. The highest BCUT2D eigenvalue weighted by molar-refractivity contribution is 6.30. The van der Waals surface area contributed by atoms with Gasteiger partial charge in [-0.15, -0.1) is 0 Å². The van der Waals surface area contributed by atoms with Gasteiger partial charge >= 0.3 is 0 Å². The van der Waals surface area contributed by atoms with Gasteiger partial charge in [0.2, 0.25) is 0 Å². The average Bonchev–Trinajstić information content (AvgIpc) is 3.07. The summed E-state index contributed by atoms with van der Waals surface area (Å²) in [4.78, 5) is 25.8. The maximum Gasteiger partial charge on any atom is 0.150 e. The molecular weight excluding hydrogens is 351 g/mol. The molecule has 0 aliphatic heterocycles. The van der Waals surface area contributed by atoms with Crippen LogP contribution < -0.4 is 0 Å². The van der Waals surface area contributed by atoms with Crippen LogP contribution in [0.15, 0.2) is 36.4 Å². The first-order chi connectivity index (χ1) is 12.5. The van der Waals surface area contributed by atoms with Gasteiger partial charge in [0.1, 0.15) is 11.7 Å². The molecular formula is C22H20ClFO2. The Balaban J connectivity index is 1.83. The highest BCUT2D eigenvalue weighted by Crippen LogP contribution is 2.45. The second-order valence-electron chi connectivity index (χ2n) is 7.34. The molecule has 2 aromatic rings. The van der Waals surface area contributed by atoms with Crippen molar-refractivity contribution in [2.24, 2.45) is 11.8 Å². The largest absolute Gasteiger partial charge is 0.298 e. The Bertz CT molecular complexity index is 883. The van der Waals surface area contributed by atoms with Gasteiger partial charge in [0.05, 0.1) is 0 Å². The molecule has 0 saturated heterocycles. The highest BCUT2D eigenvalue weighted by atomic mass is 35.5. The van der Waals surface area contributed by atoms with Crippen molar-refractivity contribution in [1.29, 1.82) is 0 Å². The molecule has 0 radical (unpaired) electrons. The molecule has 26 heavy (non-hydrogen) atoms. The molecule has 2 bridgehead atoms. The Morgan fingerprint density at radius 2 is 1.73 bits per heavy atom. The topological polar surface area (TPSA) is 34.1 Å². The Labute approximate surface area is 157 Å². The third-order valence-electron chi connectivity index (χ3n) is 5.89. The van der Waals surface area contributed by atoms with Gasteiger partial charge in [-0.3, -0.25) is 9.59 Å². The van der Waals surface area contributed by atoms with Crippen molar-refractivity contribution in [3.63, 3.8) is 0 Å². The van der Waals surface area contributed by atoms with Crippen molar-refractivity contribution >= 4 is 23.2 Å². The number of Topliss-reactive ketones (excluding diaryl/α,β-unsaturated/α-hetero) is 2. The van der Waals surface area contributed by atoms with E-state index in [9.17, 15) is 14.0 Å². The lowest BCUT2D eigenvalue weighted by Crippen LogP contribution is -2.35. The Morgan fingerprint density at radius 1 is 1.04 bits per heavy atom. The normalized spacial score (nSPS) is 25.0. The molecule has 4 rings (SSSR count). The number of carbonyl (C=O) groups excluding carboxylic acids is 2. The molecule has 0 aromatic heterocycles. The van der Waals surface area contributed by atoms with Crippen molar-refractivity contribution in [3.05, 3.63) is 58.4 Å². The molecule has 0 heterocycles. The fourth-order valence-corrected chi connectivity index (χ4v) is 4.65. The third kappa shape index (κ3) is 2.79. The first-order valence-corrected chi connectivity index (χ1v) is 9.53. The van der Waals surface area contributed by atoms with Crippen LogP contribution in [-0.4, -0.2) is 11.6 Å². The fourth-order valence-electron chi connectivity index (χ4n) is 4.49. The number of benzene rings is 2. The zero-order valence-corrected chi connectivity index (χ0v) is 15.4. The number of ketones is 2. The summed E-state index contributed by atoms with van der Waals surface area (Å²) in [6.45, 7) is 2.01. The lowest BCUT2D eigenvalue weighted by molar-refractivity contribution is -0.135. The minimum absolute atomic E-state index is 0.00308. The molecule has 4 heteroatoms. The summed E-state index contributed by atoms with van der Waals surface area (Å²) in [5, 5.41) is 0.339. The van der Waals surface area contributed by atoms with Gasteiger partial charge < -0.3 is 0 Å². The van der Waals surface area contributed by atoms with Crippen molar-refractivity contribution in [3.8, 4) is 11.1 Å². The molecule has 134 valence electrons. The van der Waals surface area contributed by atoms with Crippen LogP contribution in [0.1, 0.15) is 43.2 Å². The third-order valence-corrected chi connectivity index (χ3v) is 6.12. The van der Waals surface area contributed by atoms with Crippen LogP contribution >= 0.6 is 11.6 Å². The Hall–Kier alpha value is -2.00. The van der Waals surface area contributed by atoms with Crippen molar-refractivity contribution in [2.75, 3.05) is 0 Å². The van der Waals surface area contributed by atoms with Gasteiger partial charge in [-0.05, 0) is 66.6 Å². The number of hydrogen-bond donors (Lipinski definition) is 0. The van der Waals surface area contributed by atoms with Crippen LogP contribution in [0.4, 0.5) is 4.39 Å². The van der Waals surface area contributed by atoms with Crippen LogP contribution in [0.5, 0.6) is 0 Å². The summed E-state index contributed by atoms with van der Waals surface area (Å²) in [5.41, 5.74) is 2.84. The van der Waals surface area contributed by atoms with E-state index in [-0.39, 0.29) is 23.4 Å². The number of rotatable bonds is 3. The van der Waals surface area contributed by atoms with Crippen molar-refractivity contribution in [1.82, 2.24) is 0 Å². The van der Waals surface area contributed by atoms with Crippen LogP contribution in [0, 0.1) is 17.7 Å². The lowest BCUT2D eigenvalue weighted by Gasteiger charge is -2.27. The predicted molar refractivity (Wildman–Crippen MR) is 99.8 cm³/mol. The van der Waals surface area contributed by atoms with E-state index in [4.69, 9.17) is 11.6 Å². The van der Waals surface area contributed by atoms with E-state index in [1.807, 2.05) is 25.1 Å². The Kier molecular flexibility index (Phi) is 4.44. The average molecular weight is 371 g/mol. The molecule has 2 saturated carbocycles. The monoisotopic (exact) mass is 370 g/mol. The first-order valence-electron chi connectivity index (χ1n) is 9.15. The van der Waals surface area contributed by atoms with Gasteiger partial charge in [0.25, 0.3) is 0 Å². The van der Waals surface area contributed by atoms with E-state index in [0.29, 0.717) is 22.6 Å². The minimum atomic E-state index is -0.688. The molecule has 2 aliphatic carbocycles. The Morgan fingerprint density at radius 3 is 2.35 bits per heavy atom. The van der Waals surface area contributed by atoms with E-state index < -0.39 is 11.7 Å². The van der Waals surface area contributed by atoms with Crippen molar-refractivity contribution in [2.45, 2.75) is 38.5 Å². The molecule has 2 fully saturated rings. The fraction of sp³-hybridized carbons (Fsp3) is 0.364. The van der Waals surface area contributed by atoms with E-state index in [0.717, 1.165) is 30.4 Å². The molecule has 0 spiro atoms. The molecule has 0 amide bonds. The molecule has 2 aliphatic rings. The summed E-state index contributed by atoms with van der Waals surface area (Å²) < 4.78 is 14.4. The zero-order valence-electron chi connectivity index (χ0n) is 14.6. The van der Waals surface area contributed by atoms with Crippen LogP contribution in [0.2, 0.25) is 5.02 Å². The maximum atomic E-state index is 14.4. The summed E-state index contributed by atoms with van der Waals surface area (Å²) in [6.07, 6.45) is 3.07. The highest BCUT2D eigenvalue weighted by Gasteiger charge is 2.47. The van der Waals surface area contributed by atoms with Gasteiger partial charge in [0, 0.05) is 22.4 Å². The number of fused-ring (bicyclic) bond motifs is 2. The molecule has 1 unspecified atom stereocenters. The van der Waals surface area contributed by atoms with Gasteiger partial charge in [-0.2, -0.15) is 0 Å². The summed E-state index contributed by atoms with van der Waals surface area (Å²) >= 11 is 5.85. The number of hydrogen-bond acceptors (Lipinski definition) is 2. The summed E-state index contributed by atoms with van der Waals surface area (Å²) in [5.74, 6) is -0.994. The van der Waals surface area contributed by atoms with Crippen LogP contribution in [0.25, 0.3) is 11.1 Å². The second-order valence-corrected chi connectivity index (χ2v) is 7.77. The second kappa shape index (κ2) is 6.62. The first kappa shape index (κ1) is 17.4. The van der Waals surface area contributed by atoms with Gasteiger partial charge in [-0.25, -0.2) is 4.39 Å². The minimum Gasteiger partial charge on any atom is -0.298 e. The SMILES string of the molecule is CCc1ccc(-c2ccc(Cl)cc2F)cc1C1C(=O)[C@@H]2CC[C@@H](C2)C1=O. The van der Waals surface area contributed by atoms with Crippen molar-refractivity contribution < 1.29 is 14.0 Å². The van der Waals surface area contributed by atoms with Crippen LogP contribution in [-0.2, 0) is 16.0 Å². The molecule has 3 atom stereocenters. The number of carbonyl (C=O) groups is 2. The summed E-state index contributed by atoms with van der Waals surface area (Å²) in [6, 6.07) is 10.1. The molecule has 2 aromatic carbocycles. The van der Waals surface area contributed by atoms with Crippen LogP contribution in [0.3, 0.4) is 0 Å². The van der Waals surface area contributed by atoms with E-state index >= 15 is 0 Å². The standard InChI is InChI=1S/C22H20ClFO2/c1-2-12-3-4-13(17-8-7-16(23)11-19(17)24)10-18(12)20-21(25)14-5-6-15(9-14)22(20)26/h3-4,7-8,10-11,14-15,20H,2,5-6,9H2,1H3/t14-,15+,20?. The smallest absolute Gasteiger partial charge is 0.150 e. The van der Waals surface area contributed by atoms with E-state index in [1.54, 1.807) is 12.1 Å². The zero-order chi connectivity index (χ0) is 18.4. The van der Waals surface area contributed by atoms with E-state index in [1.165, 1.54) is 6.07 Å².